The zero-order chi connectivity index (χ0) is 19.4. The lowest BCUT2D eigenvalue weighted by molar-refractivity contribution is -0.117. The molecule has 1 amide bonds. The number of carbonyl (C=O) groups is 1. The van der Waals surface area contributed by atoms with Crippen molar-refractivity contribution in [1.29, 1.82) is 10.5 Å². The fraction of sp³-hybridized carbons (Fsp3) is 0.318. The summed E-state index contributed by atoms with van der Waals surface area (Å²) in [5.74, 6) is -0.299. The number of nitriles is 2. The summed E-state index contributed by atoms with van der Waals surface area (Å²) in [4.78, 5) is 12.4. The Hall–Kier alpha value is -3.31. The van der Waals surface area contributed by atoms with Gasteiger partial charge < -0.3 is 9.88 Å². The normalized spacial score (nSPS) is 14.6. The van der Waals surface area contributed by atoms with Gasteiger partial charge >= 0.3 is 0 Å². The molecule has 0 spiro atoms. The van der Waals surface area contributed by atoms with Gasteiger partial charge in [0.2, 0.25) is 0 Å². The molecule has 1 saturated carbocycles. The van der Waals surface area contributed by atoms with Crippen LogP contribution in [0.25, 0.3) is 11.8 Å². The molecule has 1 aromatic heterocycles. The number of nitrogens with zero attached hydrogens (tertiary/aromatic N) is 3. The highest BCUT2D eigenvalue weighted by atomic mass is 16.1. The molecule has 0 bridgehead atoms. The molecule has 0 aliphatic heterocycles. The Bertz CT molecular complexity index is 961. The molecule has 1 aliphatic carbocycles. The first-order chi connectivity index (χ1) is 13.0. The summed E-state index contributed by atoms with van der Waals surface area (Å²) in [6.07, 6.45) is 5.88. The van der Waals surface area contributed by atoms with Crippen LogP contribution in [-0.2, 0) is 4.79 Å². The van der Waals surface area contributed by atoms with Gasteiger partial charge in [-0.05, 0) is 68.7 Å². The van der Waals surface area contributed by atoms with Gasteiger partial charge in [-0.25, -0.2) is 0 Å². The molecule has 0 radical (unpaired) electrons. The Balaban J connectivity index is 1.89. The van der Waals surface area contributed by atoms with Crippen LogP contribution < -0.4 is 5.32 Å². The smallest absolute Gasteiger partial charge is 0.262 e. The van der Waals surface area contributed by atoms with Gasteiger partial charge in [0.25, 0.3) is 5.91 Å². The molecule has 5 nitrogen and oxygen atoms in total. The monoisotopic (exact) mass is 358 g/mol. The van der Waals surface area contributed by atoms with Gasteiger partial charge in [0, 0.05) is 23.1 Å². The lowest BCUT2D eigenvalue weighted by Gasteiger charge is -2.11. The van der Waals surface area contributed by atoms with E-state index < -0.39 is 0 Å². The summed E-state index contributed by atoms with van der Waals surface area (Å²) in [5, 5.41) is 21.4. The fourth-order valence-corrected chi connectivity index (χ4v) is 3.65. The first-order valence-electron chi connectivity index (χ1n) is 9.15. The molecule has 5 heteroatoms. The van der Waals surface area contributed by atoms with Crippen molar-refractivity contribution in [2.24, 2.45) is 0 Å². The standard InChI is InChI=1S/C22H22N4O/c1-15-11-18(12-19(14-24)22(27)25-20-5-3-4-6-20)16(2)26(15)21-9-7-17(13-23)8-10-21/h7-12,20H,3-6H2,1-2H3,(H,25,27)/b19-12-. The van der Waals surface area contributed by atoms with Gasteiger partial charge in [0.1, 0.15) is 11.6 Å². The van der Waals surface area contributed by atoms with Crippen LogP contribution >= 0.6 is 0 Å². The largest absolute Gasteiger partial charge is 0.349 e. The van der Waals surface area contributed by atoms with Crippen LogP contribution in [0.3, 0.4) is 0 Å². The molecule has 27 heavy (non-hydrogen) atoms. The van der Waals surface area contributed by atoms with Crippen LogP contribution in [0, 0.1) is 36.5 Å². The van der Waals surface area contributed by atoms with Gasteiger partial charge in [0.05, 0.1) is 11.6 Å². The van der Waals surface area contributed by atoms with Gasteiger partial charge in [0.15, 0.2) is 0 Å². The van der Waals surface area contributed by atoms with E-state index in [4.69, 9.17) is 5.26 Å². The second-order valence-corrected chi connectivity index (χ2v) is 6.95. The Morgan fingerprint density at radius 2 is 1.85 bits per heavy atom. The van der Waals surface area contributed by atoms with Crippen molar-refractivity contribution in [3.8, 4) is 17.8 Å². The van der Waals surface area contributed by atoms with Crippen LogP contribution in [0.1, 0.15) is 48.2 Å². The van der Waals surface area contributed by atoms with Gasteiger partial charge in [-0.3, -0.25) is 4.79 Å². The Morgan fingerprint density at radius 3 is 2.44 bits per heavy atom. The second kappa shape index (κ2) is 7.93. The van der Waals surface area contributed by atoms with Crippen LogP contribution in [0.4, 0.5) is 0 Å². The topological polar surface area (TPSA) is 81.6 Å². The second-order valence-electron chi connectivity index (χ2n) is 6.95. The average molecular weight is 358 g/mol. The highest BCUT2D eigenvalue weighted by Crippen LogP contribution is 2.23. The molecule has 136 valence electrons. The van der Waals surface area contributed by atoms with Crippen LogP contribution in [0.5, 0.6) is 0 Å². The van der Waals surface area contributed by atoms with Crippen molar-refractivity contribution < 1.29 is 4.79 Å². The number of aromatic nitrogens is 1. The third-order valence-electron chi connectivity index (χ3n) is 5.08. The van der Waals surface area contributed by atoms with E-state index in [0.717, 1.165) is 48.3 Å². The maximum Gasteiger partial charge on any atom is 0.262 e. The predicted octanol–water partition coefficient (Wildman–Crippen LogP) is 3.93. The van der Waals surface area contributed by atoms with Crippen molar-refractivity contribution in [1.82, 2.24) is 9.88 Å². The van der Waals surface area contributed by atoms with E-state index in [0.29, 0.717) is 5.56 Å². The van der Waals surface area contributed by atoms with E-state index in [-0.39, 0.29) is 17.5 Å². The minimum Gasteiger partial charge on any atom is -0.349 e. The van der Waals surface area contributed by atoms with E-state index in [1.807, 2.05) is 38.1 Å². The van der Waals surface area contributed by atoms with Crippen LogP contribution in [0.15, 0.2) is 35.9 Å². The summed E-state index contributed by atoms with van der Waals surface area (Å²) in [5.41, 5.74) is 4.46. The summed E-state index contributed by atoms with van der Waals surface area (Å²) in [6, 6.07) is 13.6. The molecule has 3 rings (SSSR count). The molecule has 0 saturated heterocycles. The molecule has 1 aliphatic rings. The molecule has 1 heterocycles. The maximum atomic E-state index is 12.4. The minimum absolute atomic E-state index is 0.127. The third-order valence-corrected chi connectivity index (χ3v) is 5.08. The van der Waals surface area contributed by atoms with Crippen LogP contribution in [-0.4, -0.2) is 16.5 Å². The van der Waals surface area contributed by atoms with Crippen molar-refractivity contribution in [3.63, 3.8) is 0 Å². The molecular formula is C22H22N4O. The first-order valence-corrected chi connectivity index (χ1v) is 9.15. The van der Waals surface area contributed by atoms with Crippen molar-refractivity contribution in [2.75, 3.05) is 0 Å². The zero-order valence-corrected chi connectivity index (χ0v) is 15.6. The number of aryl methyl sites for hydroxylation is 1. The molecule has 0 atom stereocenters. The summed E-state index contributed by atoms with van der Waals surface area (Å²) >= 11 is 0. The van der Waals surface area contributed by atoms with Gasteiger partial charge in [-0.2, -0.15) is 10.5 Å². The highest BCUT2D eigenvalue weighted by molar-refractivity contribution is 6.02. The van der Waals surface area contributed by atoms with E-state index in [1.54, 1.807) is 18.2 Å². The van der Waals surface area contributed by atoms with Crippen molar-refractivity contribution >= 4 is 12.0 Å². The summed E-state index contributed by atoms with van der Waals surface area (Å²) in [7, 11) is 0. The van der Waals surface area contributed by atoms with Crippen molar-refractivity contribution in [3.05, 3.63) is 58.4 Å². The molecule has 1 aromatic carbocycles. The van der Waals surface area contributed by atoms with E-state index in [9.17, 15) is 10.1 Å². The number of amides is 1. The number of carbonyl (C=O) groups excluding carboxylic acids is 1. The quantitative estimate of drug-likeness (QED) is 0.664. The molecule has 0 unspecified atom stereocenters. The molecule has 1 fully saturated rings. The molecular weight excluding hydrogens is 336 g/mol. The van der Waals surface area contributed by atoms with Gasteiger partial charge in [-0.1, -0.05) is 12.8 Å². The Morgan fingerprint density at radius 1 is 1.19 bits per heavy atom. The fourth-order valence-electron chi connectivity index (χ4n) is 3.65. The first kappa shape index (κ1) is 18.5. The highest BCUT2D eigenvalue weighted by Gasteiger charge is 2.20. The molecule has 1 N–H and O–H groups in total. The van der Waals surface area contributed by atoms with E-state index in [1.165, 1.54) is 0 Å². The Kier molecular flexibility index (Phi) is 5.43. The number of benzene rings is 1. The number of hydrogen-bond acceptors (Lipinski definition) is 3. The summed E-state index contributed by atoms with van der Waals surface area (Å²) in [6.45, 7) is 3.94. The van der Waals surface area contributed by atoms with Gasteiger partial charge in [-0.15, -0.1) is 0 Å². The minimum atomic E-state index is -0.299. The lowest BCUT2D eigenvalue weighted by atomic mass is 10.1. The van der Waals surface area contributed by atoms with E-state index >= 15 is 0 Å². The van der Waals surface area contributed by atoms with Crippen molar-refractivity contribution in [2.45, 2.75) is 45.6 Å². The lowest BCUT2D eigenvalue weighted by Crippen LogP contribution is -2.33. The SMILES string of the molecule is Cc1cc(/C=C(/C#N)C(=O)NC2CCCC2)c(C)n1-c1ccc(C#N)cc1. The number of rotatable bonds is 4. The number of nitrogens with one attached hydrogen (secondary N) is 1. The Labute approximate surface area is 159 Å². The van der Waals surface area contributed by atoms with E-state index in [2.05, 4.69) is 16.0 Å². The summed E-state index contributed by atoms with van der Waals surface area (Å²) < 4.78 is 2.05. The maximum absolute atomic E-state index is 12.4. The zero-order valence-electron chi connectivity index (χ0n) is 15.6. The van der Waals surface area contributed by atoms with Crippen LogP contribution in [0.2, 0.25) is 0 Å². The average Bonchev–Trinajstić information content (AvgIpc) is 3.27. The predicted molar refractivity (Wildman–Crippen MR) is 104 cm³/mol. The molecule has 2 aromatic rings. The third kappa shape index (κ3) is 3.93. The number of hydrogen-bond donors (Lipinski definition) is 1.